The fourth-order valence-electron chi connectivity index (χ4n) is 1.15. The lowest BCUT2D eigenvalue weighted by molar-refractivity contribution is -0.140. The average molecular weight is 258 g/mol. The molecule has 3 N–H and O–H groups in total. The van der Waals surface area contributed by atoms with Gasteiger partial charge in [0, 0.05) is 5.69 Å². The van der Waals surface area contributed by atoms with Crippen LogP contribution in [0.15, 0.2) is 29.2 Å². The average Bonchev–Trinajstić information content (AvgIpc) is 2.26. The summed E-state index contributed by atoms with van der Waals surface area (Å²) in [6, 6.07) is 5.78. The van der Waals surface area contributed by atoms with Gasteiger partial charge in [-0.15, -0.1) is 0 Å². The van der Waals surface area contributed by atoms with Gasteiger partial charge in [0.05, 0.1) is 11.5 Å². The Morgan fingerprint density at radius 1 is 1.35 bits per heavy atom. The molecule has 0 atom stereocenters. The van der Waals surface area contributed by atoms with Gasteiger partial charge in [-0.1, -0.05) is 0 Å². The molecule has 7 heteroatoms. The fraction of sp³-hybridized carbons (Fsp3) is 0.300. The molecule has 6 nitrogen and oxygen atoms in total. The van der Waals surface area contributed by atoms with Crippen LogP contribution in [0.2, 0.25) is 0 Å². The molecule has 0 saturated heterocycles. The number of nitrogens with one attached hydrogen (secondary N) is 1. The molecule has 1 aromatic rings. The first-order valence-electron chi connectivity index (χ1n) is 4.96. The number of anilines is 1. The zero-order chi connectivity index (χ0) is 12.9. The van der Waals surface area contributed by atoms with Crippen molar-refractivity contribution in [2.45, 2.75) is 11.8 Å². The van der Waals surface area contributed by atoms with Crippen LogP contribution in [0.5, 0.6) is 0 Å². The number of esters is 1. The van der Waals surface area contributed by atoms with Crippen molar-refractivity contribution in [1.82, 2.24) is 0 Å². The second-order valence-corrected chi connectivity index (χ2v) is 4.79. The number of sulfonamides is 1. The van der Waals surface area contributed by atoms with Crippen LogP contribution in [0.4, 0.5) is 5.69 Å². The predicted molar refractivity (Wildman–Crippen MR) is 62.9 cm³/mol. The number of primary sulfonamides is 1. The molecule has 0 spiro atoms. The molecule has 1 aromatic carbocycles. The molecule has 0 amide bonds. The van der Waals surface area contributed by atoms with Crippen molar-refractivity contribution in [2.75, 3.05) is 18.5 Å². The Balaban J connectivity index is 2.60. The van der Waals surface area contributed by atoms with E-state index < -0.39 is 10.0 Å². The molecule has 1 rings (SSSR count). The summed E-state index contributed by atoms with van der Waals surface area (Å²) >= 11 is 0. The van der Waals surface area contributed by atoms with Crippen LogP contribution >= 0.6 is 0 Å². The maximum Gasteiger partial charge on any atom is 0.325 e. The van der Waals surface area contributed by atoms with Crippen molar-refractivity contribution in [3.8, 4) is 0 Å². The van der Waals surface area contributed by atoms with Crippen LogP contribution < -0.4 is 10.5 Å². The molecule has 0 unspecified atom stereocenters. The van der Waals surface area contributed by atoms with Gasteiger partial charge in [-0.3, -0.25) is 4.79 Å². The van der Waals surface area contributed by atoms with E-state index in [0.717, 1.165) is 0 Å². The lowest BCUT2D eigenvalue weighted by atomic mass is 10.3. The number of ether oxygens (including phenoxy) is 1. The zero-order valence-electron chi connectivity index (χ0n) is 9.34. The summed E-state index contributed by atoms with van der Waals surface area (Å²) in [4.78, 5) is 11.1. The summed E-state index contributed by atoms with van der Waals surface area (Å²) in [7, 11) is -3.68. The van der Waals surface area contributed by atoms with Crippen LogP contribution in [0.3, 0.4) is 0 Å². The van der Waals surface area contributed by atoms with Crippen LogP contribution in [0.1, 0.15) is 6.92 Å². The highest BCUT2D eigenvalue weighted by atomic mass is 32.2. The second kappa shape index (κ2) is 5.65. The molecular formula is C10H14N2O4S. The van der Waals surface area contributed by atoms with E-state index in [4.69, 9.17) is 9.88 Å². The van der Waals surface area contributed by atoms with Gasteiger partial charge in [0.15, 0.2) is 0 Å². The third-order valence-corrected chi connectivity index (χ3v) is 2.85. The van der Waals surface area contributed by atoms with Gasteiger partial charge < -0.3 is 10.1 Å². The van der Waals surface area contributed by atoms with Crippen LogP contribution in [-0.4, -0.2) is 27.5 Å². The third kappa shape index (κ3) is 4.41. The van der Waals surface area contributed by atoms with E-state index in [1.165, 1.54) is 24.3 Å². The number of carbonyl (C=O) groups is 1. The van der Waals surface area contributed by atoms with E-state index in [2.05, 4.69) is 5.32 Å². The summed E-state index contributed by atoms with van der Waals surface area (Å²) in [5.74, 6) is -0.372. The number of nitrogens with two attached hydrogens (primary N) is 1. The lowest BCUT2D eigenvalue weighted by Crippen LogP contribution is -2.17. The van der Waals surface area contributed by atoms with Crippen molar-refractivity contribution < 1.29 is 17.9 Å². The Morgan fingerprint density at radius 2 is 1.94 bits per heavy atom. The maximum absolute atomic E-state index is 11.0. The zero-order valence-corrected chi connectivity index (χ0v) is 10.2. The van der Waals surface area contributed by atoms with Gasteiger partial charge in [-0.05, 0) is 31.2 Å². The fourth-order valence-corrected chi connectivity index (χ4v) is 1.66. The first kappa shape index (κ1) is 13.5. The summed E-state index contributed by atoms with van der Waals surface area (Å²) < 4.78 is 26.7. The molecule has 0 saturated carbocycles. The van der Waals surface area contributed by atoms with Crippen LogP contribution in [0.25, 0.3) is 0 Å². The highest BCUT2D eigenvalue weighted by Gasteiger charge is 2.07. The normalized spacial score (nSPS) is 10.9. The number of rotatable bonds is 5. The minimum Gasteiger partial charge on any atom is -0.465 e. The molecule has 0 heterocycles. The van der Waals surface area contributed by atoms with E-state index in [1.807, 2.05) is 0 Å². The minimum absolute atomic E-state index is 0.0270. The molecule has 0 aromatic heterocycles. The van der Waals surface area contributed by atoms with Gasteiger partial charge in [0.1, 0.15) is 6.54 Å². The quantitative estimate of drug-likeness (QED) is 0.740. The van der Waals surface area contributed by atoms with Crippen molar-refractivity contribution >= 4 is 21.7 Å². The van der Waals surface area contributed by atoms with Gasteiger partial charge in [0.2, 0.25) is 10.0 Å². The molecule has 0 bridgehead atoms. The van der Waals surface area contributed by atoms with E-state index in [9.17, 15) is 13.2 Å². The monoisotopic (exact) mass is 258 g/mol. The molecular weight excluding hydrogens is 244 g/mol. The van der Waals surface area contributed by atoms with Gasteiger partial charge >= 0.3 is 5.97 Å². The maximum atomic E-state index is 11.0. The topological polar surface area (TPSA) is 98.5 Å². The summed E-state index contributed by atoms with van der Waals surface area (Å²) in [5, 5.41) is 7.74. The predicted octanol–water partition coefficient (Wildman–Crippen LogP) is 0.309. The number of hydrogen-bond donors (Lipinski definition) is 2. The van der Waals surface area contributed by atoms with Crippen molar-refractivity contribution in [3.63, 3.8) is 0 Å². The van der Waals surface area contributed by atoms with Crippen molar-refractivity contribution in [1.29, 1.82) is 0 Å². The smallest absolute Gasteiger partial charge is 0.325 e. The van der Waals surface area contributed by atoms with Gasteiger partial charge in [0.25, 0.3) is 0 Å². The summed E-state index contributed by atoms with van der Waals surface area (Å²) in [6.45, 7) is 2.08. The minimum atomic E-state index is -3.68. The number of carbonyl (C=O) groups excluding carboxylic acids is 1. The summed E-state index contributed by atoms with van der Waals surface area (Å²) in [5.41, 5.74) is 0.616. The van der Waals surface area contributed by atoms with E-state index in [0.29, 0.717) is 12.3 Å². The van der Waals surface area contributed by atoms with E-state index in [1.54, 1.807) is 6.92 Å². The Labute approximate surface area is 99.8 Å². The van der Waals surface area contributed by atoms with Crippen molar-refractivity contribution in [3.05, 3.63) is 24.3 Å². The third-order valence-electron chi connectivity index (χ3n) is 1.93. The van der Waals surface area contributed by atoms with Gasteiger partial charge in [-0.25, -0.2) is 13.6 Å². The van der Waals surface area contributed by atoms with Crippen molar-refractivity contribution in [2.24, 2.45) is 5.14 Å². The van der Waals surface area contributed by atoms with Gasteiger partial charge in [-0.2, -0.15) is 0 Å². The summed E-state index contributed by atoms with van der Waals surface area (Å²) in [6.07, 6.45) is 0. The highest BCUT2D eigenvalue weighted by Crippen LogP contribution is 2.12. The number of benzene rings is 1. The first-order valence-corrected chi connectivity index (χ1v) is 6.50. The SMILES string of the molecule is CCOC(=O)CNc1ccc(S(N)(=O)=O)cc1. The largest absolute Gasteiger partial charge is 0.465 e. The second-order valence-electron chi connectivity index (χ2n) is 3.23. The Kier molecular flexibility index (Phi) is 4.47. The molecule has 17 heavy (non-hydrogen) atoms. The molecule has 0 aliphatic heterocycles. The number of hydrogen-bond acceptors (Lipinski definition) is 5. The first-order chi connectivity index (χ1) is 7.93. The molecule has 0 aliphatic rings. The molecule has 0 radical (unpaired) electrons. The standard InChI is InChI=1S/C10H14N2O4S/c1-2-16-10(13)7-12-8-3-5-9(6-4-8)17(11,14)15/h3-6,12H,2,7H2,1H3,(H2,11,14,15). The van der Waals surface area contributed by atoms with Crippen LogP contribution in [0, 0.1) is 0 Å². The highest BCUT2D eigenvalue weighted by molar-refractivity contribution is 7.89. The lowest BCUT2D eigenvalue weighted by Gasteiger charge is -2.06. The molecule has 94 valence electrons. The Bertz CT molecular complexity index is 482. The molecule has 0 fully saturated rings. The van der Waals surface area contributed by atoms with E-state index >= 15 is 0 Å². The Morgan fingerprint density at radius 3 is 2.41 bits per heavy atom. The molecule has 0 aliphatic carbocycles. The van der Waals surface area contributed by atoms with E-state index in [-0.39, 0.29) is 17.4 Å². The van der Waals surface area contributed by atoms with Crippen LogP contribution in [-0.2, 0) is 19.6 Å². The Hall–Kier alpha value is -1.60.